The molecule has 0 saturated carbocycles. The Kier molecular flexibility index (Phi) is 4.09. The molecule has 2 aromatic rings. The van der Waals surface area contributed by atoms with Gasteiger partial charge >= 0.3 is 0 Å². The molecule has 0 aliphatic carbocycles. The van der Waals surface area contributed by atoms with Gasteiger partial charge in [-0.15, -0.1) is 5.10 Å². The highest BCUT2D eigenvalue weighted by molar-refractivity contribution is 9.10. The second-order valence-electron chi connectivity index (χ2n) is 3.39. The summed E-state index contributed by atoms with van der Waals surface area (Å²) in [6.07, 6.45) is 0. The minimum Gasteiger partial charge on any atom is -0.310 e. The summed E-state index contributed by atoms with van der Waals surface area (Å²) >= 11 is 9.32. The van der Waals surface area contributed by atoms with Crippen molar-refractivity contribution in [1.82, 2.24) is 25.5 Å². The molecule has 1 heterocycles. The molecule has 0 unspecified atom stereocenters. The van der Waals surface area contributed by atoms with Gasteiger partial charge < -0.3 is 5.32 Å². The first-order valence-corrected chi connectivity index (χ1v) is 6.33. The van der Waals surface area contributed by atoms with Crippen molar-refractivity contribution < 1.29 is 0 Å². The summed E-state index contributed by atoms with van der Waals surface area (Å²) in [5.74, 6) is 0.765. The number of hydrogen-bond donors (Lipinski definition) is 1. The van der Waals surface area contributed by atoms with Gasteiger partial charge in [0.05, 0.1) is 17.3 Å². The number of nitrogens with zero attached hydrogens (tertiary/aromatic N) is 4. The van der Waals surface area contributed by atoms with Crippen molar-refractivity contribution in [3.63, 3.8) is 0 Å². The van der Waals surface area contributed by atoms with Crippen LogP contribution in [-0.4, -0.2) is 26.8 Å². The number of benzene rings is 1. The van der Waals surface area contributed by atoms with E-state index in [0.717, 1.165) is 22.5 Å². The summed E-state index contributed by atoms with van der Waals surface area (Å²) < 4.78 is 2.51. The third-order valence-electron chi connectivity index (χ3n) is 2.21. The van der Waals surface area contributed by atoms with Crippen LogP contribution in [0.4, 0.5) is 0 Å². The topological polar surface area (TPSA) is 55.6 Å². The molecule has 2 rings (SSSR count). The van der Waals surface area contributed by atoms with E-state index >= 15 is 0 Å². The van der Waals surface area contributed by atoms with E-state index in [4.69, 9.17) is 11.6 Å². The first-order valence-electron chi connectivity index (χ1n) is 5.15. The van der Waals surface area contributed by atoms with E-state index in [1.807, 2.05) is 19.1 Å². The zero-order chi connectivity index (χ0) is 12.3. The average molecular weight is 317 g/mol. The molecule has 0 atom stereocenters. The summed E-state index contributed by atoms with van der Waals surface area (Å²) in [5, 5.41) is 15.5. The molecule has 17 heavy (non-hydrogen) atoms. The van der Waals surface area contributed by atoms with E-state index in [0.29, 0.717) is 11.6 Å². The van der Waals surface area contributed by atoms with Crippen molar-refractivity contribution in [2.75, 3.05) is 6.54 Å². The Labute approximate surface area is 112 Å². The van der Waals surface area contributed by atoms with Crippen molar-refractivity contribution in [1.29, 1.82) is 0 Å². The SMILES string of the molecule is CCNCc1nnnn1-c1ccc(Cl)c(Br)c1. The number of aromatic nitrogens is 4. The number of rotatable bonds is 4. The van der Waals surface area contributed by atoms with Gasteiger partial charge in [-0.2, -0.15) is 4.68 Å². The third kappa shape index (κ3) is 2.83. The molecule has 0 radical (unpaired) electrons. The summed E-state index contributed by atoms with van der Waals surface area (Å²) in [7, 11) is 0. The normalized spacial score (nSPS) is 10.8. The van der Waals surface area contributed by atoms with Crippen LogP contribution >= 0.6 is 27.5 Å². The van der Waals surface area contributed by atoms with Gasteiger partial charge in [0.15, 0.2) is 5.82 Å². The van der Waals surface area contributed by atoms with Crippen molar-refractivity contribution in [3.8, 4) is 5.69 Å². The standard InChI is InChI=1S/C10H11BrClN5/c1-2-13-6-10-14-15-16-17(10)7-3-4-9(12)8(11)5-7/h3-5,13H,2,6H2,1H3. The maximum Gasteiger partial charge on any atom is 0.170 e. The van der Waals surface area contributed by atoms with E-state index in [2.05, 4.69) is 36.8 Å². The highest BCUT2D eigenvalue weighted by Crippen LogP contribution is 2.24. The number of hydrogen-bond acceptors (Lipinski definition) is 4. The lowest BCUT2D eigenvalue weighted by molar-refractivity contribution is 0.664. The Hall–Kier alpha value is -0.980. The van der Waals surface area contributed by atoms with Gasteiger partial charge in [0, 0.05) is 4.47 Å². The highest BCUT2D eigenvalue weighted by Gasteiger charge is 2.08. The molecule has 0 bridgehead atoms. The molecule has 0 aliphatic heterocycles. The molecule has 1 N–H and O–H groups in total. The van der Waals surface area contributed by atoms with Crippen LogP contribution in [-0.2, 0) is 6.54 Å². The zero-order valence-electron chi connectivity index (χ0n) is 9.19. The third-order valence-corrected chi connectivity index (χ3v) is 3.43. The summed E-state index contributed by atoms with van der Waals surface area (Å²) in [6, 6.07) is 5.56. The molecule has 1 aromatic carbocycles. The van der Waals surface area contributed by atoms with Crippen molar-refractivity contribution >= 4 is 27.5 Å². The monoisotopic (exact) mass is 315 g/mol. The van der Waals surface area contributed by atoms with Crippen LogP contribution in [0.5, 0.6) is 0 Å². The van der Waals surface area contributed by atoms with E-state index < -0.39 is 0 Å². The van der Waals surface area contributed by atoms with Crippen LogP contribution in [0.25, 0.3) is 5.69 Å². The summed E-state index contributed by atoms with van der Waals surface area (Å²) in [5.41, 5.74) is 0.874. The molecular weight excluding hydrogens is 306 g/mol. The second kappa shape index (κ2) is 5.57. The average Bonchev–Trinajstić information content (AvgIpc) is 2.78. The number of tetrazole rings is 1. The van der Waals surface area contributed by atoms with Crippen molar-refractivity contribution in [2.45, 2.75) is 13.5 Å². The minimum absolute atomic E-state index is 0.629. The van der Waals surface area contributed by atoms with E-state index in [1.54, 1.807) is 10.7 Å². The lowest BCUT2D eigenvalue weighted by Gasteiger charge is -2.05. The Bertz CT molecular complexity index is 513. The van der Waals surface area contributed by atoms with E-state index in [1.165, 1.54) is 0 Å². The molecule has 0 saturated heterocycles. The first kappa shape index (κ1) is 12.5. The van der Waals surface area contributed by atoms with E-state index in [-0.39, 0.29) is 0 Å². The smallest absolute Gasteiger partial charge is 0.170 e. The number of nitrogens with one attached hydrogen (secondary N) is 1. The molecule has 7 heteroatoms. The molecule has 0 amide bonds. The van der Waals surface area contributed by atoms with Gasteiger partial charge in [-0.1, -0.05) is 18.5 Å². The Morgan fingerprint density at radius 3 is 3.00 bits per heavy atom. The molecular formula is C10H11BrClN5. The Morgan fingerprint density at radius 2 is 2.29 bits per heavy atom. The molecule has 0 spiro atoms. The van der Waals surface area contributed by atoms with Gasteiger partial charge in [-0.05, 0) is 51.1 Å². The van der Waals surface area contributed by atoms with Crippen LogP contribution in [0.2, 0.25) is 5.02 Å². The fraction of sp³-hybridized carbons (Fsp3) is 0.300. The zero-order valence-corrected chi connectivity index (χ0v) is 11.5. The largest absolute Gasteiger partial charge is 0.310 e. The van der Waals surface area contributed by atoms with Crippen LogP contribution in [0.3, 0.4) is 0 Å². The maximum absolute atomic E-state index is 5.95. The van der Waals surface area contributed by atoms with Gasteiger partial charge in [-0.3, -0.25) is 0 Å². The molecule has 0 aliphatic rings. The fourth-order valence-electron chi connectivity index (χ4n) is 1.37. The van der Waals surface area contributed by atoms with Crippen LogP contribution < -0.4 is 5.32 Å². The molecule has 90 valence electrons. The Balaban J connectivity index is 2.32. The van der Waals surface area contributed by atoms with Crippen molar-refractivity contribution in [2.24, 2.45) is 0 Å². The van der Waals surface area contributed by atoms with Gasteiger partial charge in [0.1, 0.15) is 0 Å². The highest BCUT2D eigenvalue weighted by atomic mass is 79.9. The summed E-state index contributed by atoms with van der Waals surface area (Å²) in [6.45, 7) is 3.54. The lowest BCUT2D eigenvalue weighted by atomic mass is 10.3. The van der Waals surface area contributed by atoms with Crippen LogP contribution in [0.1, 0.15) is 12.7 Å². The van der Waals surface area contributed by atoms with Crippen LogP contribution in [0, 0.1) is 0 Å². The maximum atomic E-state index is 5.95. The van der Waals surface area contributed by atoms with Crippen LogP contribution in [0.15, 0.2) is 22.7 Å². The van der Waals surface area contributed by atoms with E-state index in [9.17, 15) is 0 Å². The second-order valence-corrected chi connectivity index (χ2v) is 4.65. The summed E-state index contributed by atoms with van der Waals surface area (Å²) in [4.78, 5) is 0. The lowest BCUT2D eigenvalue weighted by Crippen LogP contribution is -2.16. The predicted octanol–water partition coefficient (Wildman–Crippen LogP) is 2.19. The minimum atomic E-state index is 0.629. The van der Waals surface area contributed by atoms with Gasteiger partial charge in [-0.25, -0.2) is 0 Å². The molecule has 1 aromatic heterocycles. The number of halogens is 2. The predicted molar refractivity (Wildman–Crippen MR) is 69.2 cm³/mol. The van der Waals surface area contributed by atoms with Gasteiger partial charge in [0.2, 0.25) is 0 Å². The molecule has 5 nitrogen and oxygen atoms in total. The Morgan fingerprint density at radius 1 is 1.47 bits per heavy atom. The fourth-order valence-corrected chi connectivity index (χ4v) is 1.85. The quantitative estimate of drug-likeness (QED) is 0.939. The van der Waals surface area contributed by atoms with Crippen molar-refractivity contribution in [3.05, 3.63) is 33.5 Å². The molecule has 0 fully saturated rings. The first-order chi connectivity index (χ1) is 8.22. The van der Waals surface area contributed by atoms with Gasteiger partial charge in [0.25, 0.3) is 0 Å².